The van der Waals surface area contributed by atoms with E-state index >= 15 is 0 Å². The molecule has 1 heterocycles. The highest BCUT2D eigenvalue weighted by Gasteiger charge is 2.24. The molecule has 1 aromatic carbocycles. The van der Waals surface area contributed by atoms with Gasteiger partial charge in [-0.15, -0.1) is 0 Å². The first kappa shape index (κ1) is 13.2. The molecule has 106 valence electrons. The standard InChI is InChI=1S/C17H21NO2/c1-20-16-5-3-2-4-15(16)12-17(19)18-10-8-14(9-11-18)13-6-7-13/h2-5H,6-12H2,1H3. The molecule has 1 saturated carbocycles. The molecular weight excluding hydrogens is 250 g/mol. The molecule has 0 bridgehead atoms. The van der Waals surface area contributed by atoms with E-state index < -0.39 is 0 Å². The molecule has 1 aromatic rings. The topological polar surface area (TPSA) is 29.5 Å². The summed E-state index contributed by atoms with van der Waals surface area (Å²) in [5, 5.41) is 0. The Labute approximate surface area is 120 Å². The van der Waals surface area contributed by atoms with Gasteiger partial charge in [0.25, 0.3) is 0 Å². The number of methoxy groups -OCH3 is 1. The maximum atomic E-state index is 12.4. The summed E-state index contributed by atoms with van der Waals surface area (Å²) in [6, 6.07) is 7.77. The zero-order valence-corrected chi connectivity index (χ0v) is 12.0. The molecule has 2 fully saturated rings. The van der Waals surface area contributed by atoms with Crippen molar-refractivity contribution >= 4 is 5.91 Å². The van der Waals surface area contributed by atoms with Gasteiger partial charge in [0.15, 0.2) is 0 Å². The van der Waals surface area contributed by atoms with Crippen molar-refractivity contribution in [2.24, 2.45) is 0 Å². The molecule has 1 amide bonds. The van der Waals surface area contributed by atoms with Gasteiger partial charge in [0.1, 0.15) is 5.75 Å². The maximum absolute atomic E-state index is 12.4. The summed E-state index contributed by atoms with van der Waals surface area (Å²) in [6.07, 6.45) is 5.19. The van der Waals surface area contributed by atoms with Crippen LogP contribution in [0.25, 0.3) is 0 Å². The third-order valence-corrected chi connectivity index (χ3v) is 4.25. The Kier molecular flexibility index (Phi) is 3.77. The molecule has 1 aliphatic carbocycles. The molecule has 0 spiro atoms. The van der Waals surface area contributed by atoms with Crippen LogP contribution in [0.2, 0.25) is 0 Å². The number of nitrogens with zero attached hydrogens (tertiary/aromatic N) is 1. The first-order chi connectivity index (χ1) is 9.78. The van der Waals surface area contributed by atoms with Gasteiger partial charge in [-0.25, -0.2) is 0 Å². The number of hydrogen-bond acceptors (Lipinski definition) is 2. The van der Waals surface area contributed by atoms with E-state index in [1.54, 1.807) is 18.3 Å². The zero-order chi connectivity index (χ0) is 13.9. The van der Waals surface area contributed by atoms with Crippen LogP contribution < -0.4 is 4.74 Å². The van der Waals surface area contributed by atoms with E-state index in [0.717, 1.165) is 37.2 Å². The van der Waals surface area contributed by atoms with Crippen molar-refractivity contribution in [2.75, 3.05) is 20.2 Å². The van der Waals surface area contributed by atoms with Crippen LogP contribution in [0.3, 0.4) is 0 Å². The minimum Gasteiger partial charge on any atom is -0.496 e. The fourth-order valence-corrected chi connectivity index (χ4v) is 2.92. The Balaban J connectivity index is 1.61. The van der Waals surface area contributed by atoms with Crippen molar-refractivity contribution in [1.29, 1.82) is 0 Å². The van der Waals surface area contributed by atoms with Gasteiger partial charge in [-0.2, -0.15) is 0 Å². The fourth-order valence-electron chi connectivity index (χ4n) is 2.92. The van der Waals surface area contributed by atoms with Crippen molar-refractivity contribution in [3.63, 3.8) is 0 Å². The van der Waals surface area contributed by atoms with E-state index in [1.807, 2.05) is 29.2 Å². The second-order valence-electron chi connectivity index (χ2n) is 5.58. The Morgan fingerprint density at radius 2 is 1.75 bits per heavy atom. The van der Waals surface area contributed by atoms with E-state index in [2.05, 4.69) is 0 Å². The molecule has 0 unspecified atom stereocenters. The largest absolute Gasteiger partial charge is 0.496 e. The minimum atomic E-state index is 0.217. The van der Waals surface area contributed by atoms with Crippen LogP contribution in [0.5, 0.6) is 5.75 Å². The number of carbonyl (C=O) groups excluding carboxylic acids is 1. The lowest BCUT2D eigenvalue weighted by atomic mass is 10.0. The summed E-state index contributed by atoms with van der Waals surface area (Å²) in [7, 11) is 1.65. The van der Waals surface area contributed by atoms with Crippen LogP contribution in [-0.2, 0) is 11.2 Å². The average molecular weight is 271 g/mol. The van der Waals surface area contributed by atoms with Gasteiger partial charge in [-0.3, -0.25) is 4.79 Å². The van der Waals surface area contributed by atoms with Crippen LogP contribution >= 0.6 is 0 Å². The Morgan fingerprint density at radius 1 is 1.10 bits per heavy atom. The lowest BCUT2D eigenvalue weighted by Gasteiger charge is -2.29. The molecule has 1 saturated heterocycles. The molecule has 3 rings (SSSR count). The van der Waals surface area contributed by atoms with Gasteiger partial charge in [0.05, 0.1) is 13.5 Å². The van der Waals surface area contributed by atoms with Crippen molar-refractivity contribution in [3.8, 4) is 5.75 Å². The molecule has 0 radical (unpaired) electrons. The second-order valence-corrected chi connectivity index (χ2v) is 5.58. The molecule has 20 heavy (non-hydrogen) atoms. The number of benzene rings is 1. The van der Waals surface area contributed by atoms with Crippen molar-refractivity contribution in [3.05, 3.63) is 41.0 Å². The van der Waals surface area contributed by atoms with Crippen molar-refractivity contribution in [1.82, 2.24) is 4.90 Å². The Morgan fingerprint density at radius 3 is 2.40 bits per heavy atom. The summed E-state index contributed by atoms with van der Waals surface area (Å²) < 4.78 is 5.31. The zero-order valence-electron chi connectivity index (χ0n) is 12.0. The van der Waals surface area contributed by atoms with E-state index in [0.29, 0.717) is 6.42 Å². The number of carbonyl (C=O) groups is 1. The van der Waals surface area contributed by atoms with Gasteiger partial charge in [0.2, 0.25) is 5.91 Å². The number of likely N-dealkylation sites (tertiary alicyclic amines) is 1. The third-order valence-electron chi connectivity index (χ3n) is 4.25. The Bertz CT molecular complexity index is 532. The average Bonchev–Trinajstić information content (AvgIpc) is 3.32. The molecule has 0 aromatic heterocycles. The van der Waals surface area contributed by atoms with Gasteiger partial charge in [-0.05, 0) is 31.7 Å². The smallest absolute Gasteiger partial charge is 0.227 e. The van der Waals surface area contributed by atoms with Gasteiger partial charge >= 0.3 is 0 Å². The lowest BCUT2D eigenvalue weighted by Crippen LogP contribution is -2.37. The highest BCUT2D eigenvalue weighted by molar-refractivity contribution is 5.79. The summed E-state index contributed by atoms with van der Waals surface area (Å²) in [5.74, 6) is 1.02. The molecule has 1 aliphatic heterocycles. The molecule has 0 N–H and O–H groups in total. The SMILES string of the molecule is COc1ccccc1CC(=O)N1CCC(=C2CC2)CC1. The predicted molar refractivity (Wildman–Crippen MR) is 78.8 cm³/mol. The van der Waals surface area contributed by atoms with E-state index in [-0.39, 0.29) is 5.91 Å². The number of piperidine rings is 1. The predicted octanol–water partition coefficient (Wildman–Crippen LogP) is 2.95. The molecular formula is C17H21NO2. The van der Waals surface area contributed by atoms with Gasteiger partial charge < -0.3 is 9.64 Å². The number of hydrogen-bond donors (Lipinski definition) is 0. The summed E-state index contributed by atoms with van der Waals surface area (Å²) in [5.41, 5.74) is 4.25. The second kappa shape index (κ2) is 5.70. The van der Waals surface area contributed by atoms with Crippen LogP contribution in [0.4, 0.5) is 0 Å². The monoisotopic (exact) mass is 271 g/mol. The van der Waals surface area contributed by atoms with Crippen LogP contribution in [0.15, 0.2) is 35.4 Å². The first-order valence-corrected chi connectivity index (χ1v) is 7.37. The molecule has 0 atom stereocenters. The number of amides is 1. The van der Waals surface area contributed by atoms with Gasteiger partial charge in [0, 0.05) is 18.7 Å². The van der Waals surface area contributed by atoms with Crippen molar-refractivity contribution < 1.29 is 9.53 Å². The number of para-hydroxylation sites is 1. The highest BCUT2D eigenvalue weighted by atomic mass is 16.5. The maximum Gasteiger partial charge on any atom is 0.227 e. The molecule has 3 heteroatoms. The van der Waals surface area contributed by atoms with Crippen LogP contribution in [0.1, 0.15) is 31.2 Å². The number of allylic oxidation sites excluding steroid dienone is 1. The first-order valence-electron chi connectivity index (χ1n) is 7.37. The summed E-state index contributed by atoms with van der Waals surface area (Å²) in [4.78, 5) is 14.4. The summed E-state index contributed by atoms with van der Waals surface area (Å²) in [6.45, 7) is 1.76. The molecule has 3 nitrogen and oxygen atoms in total. The quantitative estimate of drug-likeness (QED) is 0.791. The normalized spacial score (nSPS) is 18.1. The van der Waals surface area contributed by atoms with Crippen LogP contribution in [0, 0.1) is 0 Å². The fraction of sp³-hybridized carbons (Fsp3) is 0.471. The lowest BCUT2D eigenvalue weighted by molar-refractivity contribution is -0.130. The van der Waals surface area contributed by atoms with E-state index in [9.17, 15) is 4.79 Å². The van der Waals surface area contributed by atoms with Gasteiger partial charge in [-0.1, -0.05) is 29.3 Å². The third kappa shape index (κ3) is 2.87. The van der Waals surface area contributed by atoms with Crippen LogP contribution in [-0.4, -0.2) is 31.0 Å². The summed E-state index contributed by atoms with van der Waals surface area (Å²) >= 11 is 0. The highest BCUT2D eigenvalue weighted by Crippen LogP contribution is 2.36. The Hall–Kier alpha value is -1.77. The minimum absolute atomic E-state index is 0.217. The van der Waals surface area contributed by atoms with E-state index in [4.69, 9.17) is 4.74 Å². The van der Waals surface area contributed by atoms with E-state index in [1.165, 1.54) is 12.8 Å². The number of ether oxygens (including phenoxy) is 1. The molecule has 2 aliphatic rings. The van der Waals surface area contributed by atoms with Crippen molar-refractivity contribution in [2.45, 2.75) is 32.1 Å². The number of rotatable bonds is 3.